The minimum absolute atomic E-state index is 0.0213. The summed E-state index contributed by atoms with van der Waals surface area (Å²) in [6, 6.07) is 7.51. The largest absolute Gasteiger partial charge is 0.507 e. The summed E-state index contributed by atoms with van der Waals surface area (Å²) in [6.45, 7) is 3.34. The number of nitriles is 1. The molecule has 1 rings (SSSR count). The average Bonchev–Trinajstić information content (AvgIpc) is 2.47. The molecule has 120 valence electrons. The molecule has 0 aliphatic carbocycles. The second kappa shape index (κ2) is 8.49. The first-order valence-electron chi connectivity index (χ1n) is 6.99. The van der Waals surface area contributed by atoms with Crippen LogP contribution in [0.5, 0.6) is 5.75 Å². The molecule has 0 aliphatic heterocycles. The second-order valence-electron chi connectivity index (χ2n) is 5.03. The summed E-state index contributed by atoms with van der Waals surface area (Å²) >= 11 is 0. The minimum Gasteiger partial charge on any atom is -0.507 e. The molecule has 0 aliphatic rings. The van der Waals surface area contributed by atoms with Gasteiger partial charge < -0.3 is 9.84 Å². The zero-order chi connectivity index (χ0) is 17.4. The first-order chi connectivity index (χ1) is 10.8. The van der Waals surface area contributed by atoms with E-state index in [2.05, 4.69) is 0 Å². The van der Waals surface area contributed by atoms with Crippen LogP contribution in [0.4, 0.5) is 0 Å². The number of ketones is 2. The molecule has 6 heteroatoms. The van der Waals surface area contributed by atoms with Crippen LogP contribution in [0, 0.1) is 11.3 Å². The van der Waals surface area contributed by atoms with E-state index in [-0.39, 0.29) is 29.4 Å². The van der Waals surface area contributed by atoms with Gasteiger partial charge in [-0.15, -0.1) is 0 Å². The second-order valence-corrected chi connectivity index (χ2v) is 5.03. The maximum absolute atomic E-state index is 12.1. The molecule has 6 nitrogen and oxygen atoms in total. The predicted molar refractivity (Wildman–Crippen MR) is 81.6 cm³/mol. The molecular formula is C17H17NO5. The summed E-state index contributed by atoms with van der Waals surface area (Å²) < 4.78 is 4.84. The molecule has 0 fully saturated rings. The molecule has 0 radical (unpaired) electrons. The number of para-hydroxylation sites is 1. The molecule has 0 saturated heterocycles. The molecule has 1 aromatic carbocycles. The Balaban J connectivity index is 2.75. The lowest BCUT2D eigenvalue weighted by Crippen LogP contribution is -2.15. The van der Waals surface area contributed by atoms with Crippen molar-refractivity contribution in [3.63, 3.8) is 0 Å². The number of hydrogen-bond acceptors (Lipinski definition) is 6. The van der Waals surface area contributed by atoms with E-state index in [1.54, 1.807) is 32.0 Å². The van der Waals surface area contributed by atoms with E-state index in [0.29, 0.717) is 0 Å². The van der Waals surface area contributed by atoms with Gasteiger partial charge in [0.15, 0.2) is 0 Å². The fourth-order valence-electron chi connectivity index (χ4n) is 1.75. The van der Waals surface area contributed by atoms with Gasteiger partial charge in [0.1, 0.15) is 24.0 Å². The monoisotopic (exact) mass is 315 g/mol. The number of carbonyl (C=O) groups excluding carboxylic acids is 3. The average molecular weight is 315 g/mol. The number of nitrogens with zero attached hydrogens (tertiary/aromatic N) is 1. The minimum atomic E-state index is -0.678. The van der Waals surface area contributed by atoms with Crippen molar-refractivity contribution in [2.75, 3.05) is 0 Å². The van der Waals surface area contributed by atoms with Gasteiger partial charge >= 0.3 is 5.97 Å². The molecular weight excluding hydrogens is 298 g/mol. The lowest BCUT2D eigenvalue weighted by Gasteiger charge is -2.06. The third kappa shape index (κ3) is 5.75. The van der Waals surface area contributed by atoms with Gasteiger partial charge in [-0.25, -0.2) is 0 Å². The highest BCUT2D eigenvalue weighted by Crippen LogP contribution is 2.19. The number of Topliss-reactive ketones (excluding diaryl/α,β-unsaturated/α-hetero) is 2. The lowest BCUT2D eigenvalue weighted by molar-refractivity contribution is -0.149. The van der Waals surface area contributed by atoms with Crippen LogP contribution >= 0.6 is 0 Å². The number of allylic oxidation sites excluding steroid dienone is 2. The Morgan fingerprint density at radius 1 is 1.30 bits per heavy atom. The van der Waals surface area contributed by atoms with Crippen LogP contribution in [-0.4, -0.2) is 28.7 Å². The van der Waals surface area contributed by atoms with Gasteiger partial charge in [-0.05, 0) is 26.0 Å². The lowest BCUT2D eigenvalue weighted by atomic mass is 10.0. The normalized spacial score (nSPS) is 11.0. The quantitative estimate of drug-likeness (QED) is 0.272. The standard InChI is InChI=1S/C17H17NO5/c1-11(2)23-16(21)9-13(19)8-7-12(10-18)17(22)14-5-3-4-6-15(14)20/h3-7,11,20H,8-9H2,1-2H3/b12-7+. The van der Waals surface area contributed by atoms with Crippen LogP contribution in [0.3, 0.4) is 0 Å². The van der Waals surface area contributed by atoms with Crippen LogP contribution in [0.1, 0.15) is 37.0 Å². The fourth-order valence-corrected chi connectivity index (χ4v) is 1.75. The Morgan fingerprint density at radius 3 is 2.52 bits per heavy atom. The zero-order valence-corrected chi connectivity index (χ0v) is 12.9. The number of benzene rings is 1. The van der Waals surface area contributed by atoms with E-state index in [4.69, 9.17) is 10.00 Å². The summed E-state index contributed by atoms with van der Waals surface area (Å²) in [5.41, 5.74) is -0.288. The molecule has 1 aromatic rings. The topological polar surface area (TPSA) is 104 Å². The van der Waals surface area contributed by atoms with Gasteiger partial charge in [-0.1, -0.05) is 18.2 Å². The van der Waals surface area contributed by atoms with Gasteiger partial charge in [0, 0.05) is 6.42 Å². The molecule has 0 unspecified atom stereocenters. The fraction of sp³-hybridized carbons (Fsp3) is 0.294. The summed E-state index contributed by atoms with van der Waals surface area (Å²) in [7, 11) is 0. The summed E-state index contributed by atoms with van der Waals surface area (Å²) in [4.78, 5) is 35.1. The van der Waals surface area contributed by atoms with E-state index in [9.17, 15) is 19.5 Å². The van der Waals surface area contributed by atoms with E-state index < -0.39 is 24.0 Å². The molecule has 0 heterocycles. The van der Waals surface area contributed by atoms with Crippen molar-refractivity contribution in [1.82, 2.24) is 0 Å². The van der Waals surface area contributed by atoms with Gasteiger partial charge in [-0.2, -0.15) is 5.26 Å². The van der Waals surface area contributed by atoms with Crippen molar-refractivity contribution < 1.29 is 24.2 Å². The van der Waals surface area contributed by atoms with Gasteiger partial charge in [0.05, 0.1) is 17.2 Å². The SMILES string of the molecule is CC(C)OC(=O)CC(=O)C/C=C(\C#N)C(=O)c1ccccc1O. The zero-order valence-electron chi connectivity index (χ0n) is 12.9. The van der Waals surface area contributed by atoms with Crippen molar-refractivity contribution in [2.24, 2.45) is 0 Å². The number of esters is 1. The third-order valence-electron chi connectivity index (χ3n) is 2.76. The van der Waals surface area contributed by atoms with E-state index >= 15 is 0 Å². The predicted octanol–water partition coefficient (Wildman–Crippen LogP) is 2.33. The van der Waals surface area contributed by atoms with E-state index in [1.807, 2.05) is 0 Å². The van der Waals surface area contributed by atoms with Crippen LogP contribution in [0.25, 0.3) is 0 Å². The van der Waals surface area contributed by atoms with Crippen molar-refractivity contribution in [2.45, 2.75) is 32.8 Å². The number of ether oxygens (including phenoxy) is 1. The Bertz CT molecular complexity index is 682. The Kier molecular flexibility index (Phi) is 6.68. The number of rotatable bonds is 7. The number of hydrogen-bond donors (Lipinski definition) is 1. The van der Waals surface area contributed by atoms with Crippen molar-refractivity contribution in [3.05, 3.63) is 41.5 Å². The highest BCUT2D eigenvalue weighted by molar-refractivity contribution is 6.13. The smallest absolute Gasteiger partial charge is 0.313 e. The van der Waals surface area contributed by atoms with Crippen LogP contribution in [-0.2, 0) is 14.3 Å². The maximum Gasteiger partial charge on any atom is 0.313 e. The molecule has 0 amide bonds. The molecule has 1 N–H and O–H groups in total. The molecule has 0 bridgehead atoms. The van der Waals surface area contributed by atoms with Crippen LogP contribution < -0.4 is 0 Å². The Hall–Kier alpha value is -2.94. The first kappa shape index (κ1) is 18.1. The maximum atomic E-state index is 12.1. The van der Waals surface area contributed by atoms with E-state index in [0.717, 1.165) is 6.08 Å². The number of phenolic OH excluding ortho intramolecular Hbond substituents is 1. The van der Waals surface area contributed by atoms with Gasteiger partial charge in [0.2, 0.25) is 5.78 Å². The van der Waals surface area contributed by atoms with Crippen LogP contribution in [0.15, 0.2) is 35.9 Å². The van der Waals surface area contributed by atoms with Gasteiger partial charge in [-0.3, -0.25) is 14.4 Å². The highest BCUT2D eigenvalue weighted by Gasteiger charge is 2.17. The van der Waals surface area contributed by atoms with Crippen molar-refractivity contribution in [1.29, 1.82) is 5.26 Å². The molecule has 0 aromatic heterocycles. The summed E-state index contributed by atoms with van der Waals surface area (Å²) in [5, 5.41) is 18.7. The highest BCUT2D eigenvalue weighted by atomic mass is 16.5. The third-order valence-corrected chi connectivity index (χ3v) is 2.76. The Labute approximate surface area is 134 Å². The van der Waals surface area contributed by atoms with E-state index in [1.165, 1.54) is 12.1 Å². The molecule has 0 spiro atoms. The summed E-state index contributed by atoms with van der Waals surface area (Å²) in [6.07, 6.45) is 0.177. The van der Waals surface area contributed by atoms with Crippen molar-refractivity contribution in [3.8, 4) is 11.8 Å². The van der Waals surface area contributed by atoms with Gasteiger partial charge in [0.25, 0.3) is 0 Å². The van der Waals surface area contributed by atoms with Crippen LogP contribution in [0.2, 0.25) is 0 Å². The molecule has 23 heavy (non-hydrogen) atoms. The molecule has 0 saturated carbocycles. The summed E-state index contributed by atoms with van der Waals surface area (Å²) in [5.74, 6) is -2.04. The first-order valence-corrected chi connectivity index (χ1v) is 6.99. The van der Waals surface area contributed by atoms with Crippen molar-refractivity contribution >= 4 is 17.5 Å². The molecule has 0 atom stereocenters. The number of carbonyl (C=O) groups is 3. The Morgan fingerprint density at radius 2 is 1.96 bits per heavy atom. The number of aromatic hydroxyl groups is 1. The number of phenols is 1.